The number of methoxy groups -OCH3 is 1. The summed E-state index contributed by atoms with van der Waals surface area (Å²) in [6.07, 6.45) is 4.29. The maximum absolute atomic E-state index is 12.9. The molecule has 1 aliphatic carbocycles. The van der Waals surface area contributed by atoms with Crippen LogP contribution < -0.4 is 9.64 Å². The Hall–Kier alpha value is -2.08. The molecule has 23 heavy (non-hydrogen) atoms. The van der Waals surface area contributed by atoms with Gasteiger partial charge in [-0.2, -0.15) is 0 Å². The minimum absolute atomic E-state index is 0.0477. The van der Waals surface area contributed by atoms with E-state index in [9.17, 15) is 14.7 Å². The molecule has 1 aliphatic heterocycles. The number of aliphatic hydroxyl groups is 1. The van der Waals surface area contributed by atoms with E-state index in [4.69, 9.17) is 4.74 Å². The van der Waals surface area contributed by atoms with E-state index < -0.39 is 5.54 Å². The molecule has 124 valence electrons. The van der Waals surface area contributed by atoms with Gasteiger partial charge in [0.25, 0.3) is 5.91 Å². The van der Waals surface area contributed by atoms with Gasteiger partial charge in [0.15, 0.2) is 0 Å². The molecule has 1 aromatic rings. The van der Waals surface area contributed by atoms with Gasteiger partial charge in [-0.15, -0.1) is 0 Å². The van der Waals surface area contributed by atoms with Crippen LogP contribution in [0, 0.1) is 0 Å². The van der Waals surface area contributed by atoms with E-state index in [1.807, 2.05) is 12.1 Å². The molecular weight excluding hydrogens is 296 g/mol. The maximum Gasteiger partial charge on any atom is 0.332 e. The molecule has 2 fully saturated rings. The fourth-order valence-electron chi connectivity index (χ4n) is 3.70. The molecule has 1 saturated carbocycles. The van der Waals surface area contributed by atoms with Crippen molar-refractivity contribution >= 4 is 17.6 Å². The molecule has 0 radical (unpaired) electrons. The summed E-state index contributed by atoms with van der Waals surface area (Å²) in [6.45, 7) is -0.171. The number of aliphatic hydroxyl groups excluding tert-OH is 1. The first-order chi connectivity index (χ1) is 11.1. The Morgan fingerprint density at radius 3 is 2.35 bits per heavy atom. The van der Waals surface area contributed by atoms with E-state index in [0.717, 1.165) is 19.3 Å². The van der Waals surface area contributed by atoms with E-state index in [1.54, 1.807) is 24.1 Å². The molecule has 3 amide bonds. The monoisotopic (exact) mass is 318 g/mol. The van der Waals surface area contributed by atoms with Crippen molar-refractivity contribution in [1.29, 1.82) is 0 Å². The van der Waals surface area contributed by atoms with Gasteiger partial charge in [-0.1, -0.05) is 19.3 Å². The van der Waals surface area contributed by atoms with Gasteiger partial charge in [-0.25, -0.2) is 4.79 Å². The minimum atomic E-state index is -0.793. The van der Waals surface area contributed by atoms with Crippen LogP contribution >= 0.6 is 0 Å². The molecule has 0 bridgehead atoms. The zero-order valence-electron chi connectivity index (χ0n) is 13.3. The van der Waals surface area contributed by atoms with Crippen LogP contribution in [0.15, 0.2) is 24.3 Å². The van der Waals surface area contributed by atoms with Crippen molar-refractivity contribution in [2.24, 2.45) is 0 Å². The van der Waals surface area contributed by atoms with Crippen molar-refractivity contribution in [2.45, 2.75) is 37.6 Å². The second-order valence-corrected chi connectivity index (χ2v) is 6.09. The van der Waals surface area contributed by atoms with E-state index in [1.165, 1.54) is 4.90 Å². The lowest BCUT2D eigenvalue weighted by Gasteiger charge is -2.38. The van der Waals surface area contributed by atoms with Crippen molar-refractivity contribution < 1.29 is 19.4 Å². The van der Waals surface area contributed by atoms with Crippen LogP contribution in [0.2, 0.25) is 0 Å². The van der Waals surface area contributed by atoms with E-state index in [2.05, 4.69) is 0 Å². The summed E-state index contributed by atoms with van der Waals surface area (Å²) in [5, 5.41) is 9.19. The predicted octanol–water partition coefficient (Wildman–Crippen LogP) is 2.16. The SMILES string of the molecule is COc1ccc(N2C(=O)N(CCO)C(=O)C23CCCCC3)cc1. The maximum atomic E-state index is 12.9. The highest BCUT2D eigenvalue weighted by Gasteiger charge is 2.57. The summed E-state index contributed by atoms with van der Waals surface area (Å²) in [6, 6.07) is 6.86. The smallest absolute Gasteiger partial charge is 0.332 e. The van der Waals surface area contributed by atoms with Crippen molar-refractivity contribution in [3.63, 3.8) is 0 Å². The third kappa shape index (κ3) is 2.47. The van der Waals surface area contributed by atoms with Gasteiger partial charge in [0.2, 0.25) is 0 Å². The van der Waals surface area contributed by atoms with Gasteiger partial charge in [0, 0.05) is 5.69 Å². The number of carbonyl (C=O) groups is 2. The molecule has 0 unspecified atom stereocenters. The summed E-state index contributed by atoms with van der Waals surface area (Å²) < 4.78 is 5.16. The third-order valence-electron chi connectivity index (χ3n) is 4.83. The van der Waals surface area contributed by atoms with Gasteiger partial charge in [0.05, 0.1) is 20.3 Å². The molecule has 1 saturated heterocycles. The fraction of sp³-hybridized carbons (Fsp3) is 0.529. The molecule has 1 N–H and O–H groups in total. The van der Waals surface area contributed by atoms with Gasteiger partial charge >= 0.3 is 6.03 Å². The number of hydrogen-bond donors (Lipinski definition) is 1. The topological polar surface area (TPSA) is 70.1 Å². The first kappa shape index (κ1) is 15.8. The van der Waals surface area contributed by atoms with Crippen molar-refractivity contribution in [2.75, 3.05) is 25.2 Å². The number of imide groups is 1. The molecule has 2 aliphatic rings. The lowest BCUT2D eigenvalue weighted by molar-refractivity contribution is -0.132. The number of rotatable bonds is 4. The molecule has 1 heterocycles. The minimum Gasteiger partial charge on any atom is -0.497 e. The molecule has 0 atom stereocenters. The Kier molecular flexibility index (Phi) is 4.26. The first-order valence-corrected chi connectivity index (χ1v) is 8.05. The Morgan fingerprint density at radius 2 is 1.78 bits per heavy atom. The summed E-state index contributed by atoms with van der Waals surface area (Å²) >= 11 is 0. The molecule has 3 rings (SSSR count). The van der Waals surface area contributed by atoms with Crippen LogP contribution in [0.5, 0.6) is 5.75 Å². The van der Waals surface area contributed by atoms with E-state index in [-0.39, 0.29) is 25.1 Å². The highest BCUT2D eigenvalue weighted by atomic mass is 16.5. The van der Waals surface area contributed by atoms with Crippen molar-refractivity contribution in [1.82, 2.24) is 4.90 Å². The second-order valence-electron chi connectivity index (χ2n) is 6.09. The van der Waals surface area contributed by atoms with E-state index >= 15 is 0 Å². The first-order valence-electron chi connectivity index (χ1n) is 8.05. The number of benzene rings is 1. The Morgan fingerprint density at radius 1 is 1.13 bits per heavy atom. The summed E-state index contributed by atoms with van der Waals surface area (Å²) in [5.41, 5.74) is -0.0921. The van der Waals surface area contributed by atoms with Crippen LogP contribution in [-0.2, 0) is 4.79 Å². The lowest BCUT2D eigenvalue weighted by Crippen LogP contribution is -2.51. The summed E-state index contributed by atoms with van der Waals surface area (Å²) in [4.78, 5) is 28.6. The zero-order valence-corrected chi connectivity index (χ0v) is 13.3. The van der Waals surface area contributed by atoms with Crippen LogP contribution in [0.4, 0.5) is 10.5 Å². The van der Waals surface area contributed by atoms with Crippen LogP contribution in [-0.4, -0.2) is 47.7 Å². The molecule has 1 aromatic carbocycles. The number of anilines is 1. The van der Waals surface area contributed by atoms with Crippen molar-refractivity contribution in [3.05, 3.63) is 24.3 Å². The fourth-order valence-corrected chi connectivity index (χ4v) is 3.70. The lowest BCUT2D eigenvalue weighted by atomic mass is 9.80. The zero-order chi connectivity index (χ0) is 16.4. The van der Waals surface area contributed by atoms with Crippen LogP contribution in [0.1, 0.15) is 32.1 Å². The van der Waals surface area contributed by atoms with Crippen LogP contribution in [0.25, 0.3) is 0 Å². The van der Waals surface area contributed by atoms with Crippen LogP contribution in [0.3, 0.4) is 0 Å². The third-order valence-corrected chi connectivity index (χ3v) is 4.83. The number of amides is 3. The highest BCUT2D eigenvalue weighted by molar-refractivity contribution is 6.16. The number of carbonyl (C=O) groups excluding carboxylic acids is 2. The Balaban J connectivity index is 2.02. The number of hydrogen-bond acceptors (Lipinski definition) is 4. The summed E-state index contributed by atoms with van der Waals surface area (Å²) in [7, 11) is 1.59. The highest BCUT2D eigenvalue weighted by Crippen LogP contribution is 2.43. The average Bonchev–Trinajstić information content (AvgIpc) is 2.78. The van der Waals surface area contributed by atoms with Gasteiger partial charge in [-0.3, -0.25) is 14.6 Å². The number of ether oxygens (including phenoxy) is 1. The average molecular weight is 318 g/mol. The molecule has 0 aromatic heterocycles. The Bertz CT molecular complexity index is 593. The quantitative estimate of drug-likeness (QED) is 0.864. The van der Waals surface area contributed by atoms with E-state index in [0.29, 0.717) is 24.3 Å². The van der Waals surface area contributed by atoms with Gasteiger partial charge in [0.1, 0.15) is 11.3 Å². The number of urea groups is 1. The second kappa shape index (κ2) is 6.20. The number of nitrogens with zero attached hydrogens (tertiary/aromatic N) is 2. The van der Waals surface area contributed by atoms with Gasteiger partial charge < -0.3 is 9.84 Å². The largest absolute Gasteiger partial charge is 0.497 e. The van der Waals surface area contributed by atoms with Gasteiger partial charge in [-0.05, 0) is 37.1 Å². The van der Waals surface area contributed by atoms with Crippen molar-refractivity contribution in [3.8, 4) is 5.75 Å². The molecule has 6 heteroatoms. The normalized spacial score (nSPS) is 20.4. The molecule has 6 nitrogen and oxygen atoms in total. The Labute approximate surface area is 135 Å². The molecule has 1 spiro atoms. The predicted molar refractivity (Wildman–Crippen MR) is 85.5 cm³/mol. The molecular formula is C17H22N2O4. The number of β-amino-alcohol motifs (C(OH)–C–C–N with tert-alkyl or cyclic N) is 1. The summed E-state index contributed by atoms with van der Waals surface area (Å²) in [5.74, 6) is 0.531. The standard InChI is InChI=1S/C17H22N2O4/c1-23-14-7-5-13(6-8-14)19-16(22)18(11-12-20)15(21)17(19)9-3-2-4-10-17/h5-8,20H,2-4,9-12H2,1H3.